The van der Waals surface area contributed by atoms with Crippen LogP contribution in [0, 0.1) is 0 Å². The zero-order chi connectivity index (χ0) is 18.8. The highest BCUT2D eigenvalue weighted by molar-refractivity contribution is 5.83. The second kappa shape index (κ2) is 6.91. The maximum atomic E-state index is 9.73. The van der Waals surface area contributed by atoms with Crippen LogP contribution in [0.15, 0.2) is 41.4 Å². The van der Waals surface area contributed by atoms with Gasteiger partial charge in [-0.15, -0.1) is 0 Å². The maximum absolute atomic E-state index is 9.73. The molecule has 0 unspecified atom stereocenters. The average molecular weight is 339 g/mol. The Hall–Kier alpha value is -2.29. The van der Waals surface area contributed by atoms with E-state index in [2.05, 4.69) is 59.7 Å². The highest BCUT2D eigenvalue weighted by Crippen LogP contribution is 2.35. The second-order valence-electron chi connectivity index (χ2n) is 8.42. The van der Waals surface area contributed by atoms with Gasteiger partial charge in [-0.25, -0.2) is 0 Å². The fourth-order valence-electron chi connectivity index (χ4n) is 2.66. The molecule has 134 valence electrons. The van der Waals surface area contributed by atoms with Crippen molar-refractivity contribution in [3.05, 3.63) is 53.1 Å². The molecule has 3 nitrogen and oxygen atoms in total. The van der Waals surface area contributed by atoms with Crippen LogP contribution in [0.25, 0.3) is 0 Å². The van der Waals surface area contributed by atoms with Crippen molar-refractivity contribution in [3.63, 3.8) is 0 Å². The molecule has 0 amide bonds. The van der Waals surface area contributed by atoms with Crippen molar-refractivity contribution in [2.45, 2.75) is 52.4 Å². The lowest BCUT2D eigenvalue weighted by Crippen LogP contribution is -2.15. The van der Waals surface area contributed by atoms with Crippen molar-refractivity contribution in [3.8, 4) is 11.5 Å². The summed E-state index contributed by atoms with van der Waals surface area (Å²) < 4.78 is 5.17. The quantitative estimate of drug-likeness (QED) is 0.724. The van der Waals surface area contributed by atoms with Crippen LogP contribution in [-0.2, 0) is 10.8 Å². The minimum absolute atomic E-state index is 0.00966. The summed E-state index contributed by atoms with van der Waals surface area (Å²) in [5.74, 6) is 0.577. The number of aromatic hydroxyl groups is 1. The van der Waals surface area contributed by atoms with Crippen LogP contribution >= 0.6 is 0 Å². The molecule has 0 radical (unpaired) electrons. The number of phenolic OH excluding ortho intramolecular Hbond substituents is 1. The summed E-state index contributed by atoms with van der Waals surface area (Å²) in [5.41, 5.74) is 4.42. The highest BCUT2D eigenvalue weighted by Gasteiger charge is 2.21. The Kier molecular flexibility index (Phi) is 5.26. The van der Waals surface area contributed by atoms with Crippen LogP contribution in [0.1, 0.15) is 58.2 Å². The SMILES string of the molecule is COc1cc(C=Nc2cc(C(C)(C)C)ccc2C(C)(C)C)ccc1O. The van der Waals surface area contributed by atoms with E-state index in [0.29, 0.717) is 5.75 Å². The van der Waals surface area contributed by atoms with Gasteiger partial charge >= 0.3 is 0 Å². The zero-order valence-electron chi connectivity index (χ0n) is 16.3. The molecule has 2 aromatic rings. The summed E-state index contributed by atoms with van der Waals surface area (Å²) in [6.45, 7) is 13.2. The van der Waals surface area contributed by atoms with E-state index in [1.807, 2.05) is 12.3 Å². The van der Waals surface area contributed by atoms with Gasteiger partial charge in [-0.3, -0.25) is 4.99 Å². The van der Waals surface area contributed by atoms with Gasteiger partial charge in [0.05, 0.1) is 12.8 Å². The third-order valence-electron chi connectivity index (χ3n) is 4.23. The summed E-state index contributed by atoms with van der Waals surface area (Å²) >= 11 is 0. The largest absolute Gasteiger partial charge is 0.504 e. The Bertz CT molecular complexity index is 778. The summed E-state index contributed by atoms with van der Waals surface area (Å²) in [4.78, 5) is 4.76. The minimum Gasteiger partial charge on any atom is -0.504 e. The Morgan fingerprint density at radius 1 is 0.920 bits per heavy atom. The first kappa shape index (κ1) is 19.0. The number of methoxy groups -OCH3 is 1. The number of aliphatic imine (C=N–C) groups is 1. The molecule has 0 aliphatic heterocycles. The Balaban J connectivity index is 2.49. The van der Waals surface area contributed by atoms with Gasteiger partial charge in [-0.1, -0.05) is 53.7 Å². The number of nitrogens with zero attached hydrogens (tertiary/aromatic N) is 1. The predicted octanol–water partition coefficient (Wildman–Crippen LogP) is 5.75. The first-order valence-corrected chi connectivity index (χ1v) is 8.58. The van der Waals surface area contributed by atoms with Gasteiger partial charge in [0.25, 0.3) is 0 Å². The van der Waals surface area contributed by atoms with Crippen molar-refractivity contribution < 1.29 is 9.84 Å². The molecule has 0 saturated heterocycles. The van der Waals surface area contributed by atoms with E-state index in [9.17, 15) is 5.11 Å². The molecule has 25 heavy (non-hydrogen) atoms. The molecule has 2 aromatic carbocycles. The number of phenols is 1. The molecule has 0 fully saturated rings. The van der Waals surface area contributed by atoms with E-state index in [0.717, 1.165) is 11.3 Å². The fourth-order valence-corrected chi connectivity index (χ4v) is 2.66. The average Bonchev–Trinajstić information content (AvgIpc) is 2.52. The molecule has 0 heterocycles. The van der Waals surface area contributed by atoms with E-state index in [1.54, 1.807) is 19.2 Å². The molecule has 1 N–H and O–H groups in total. The first-order valence-electron chi connectivity index (χ1n) is 8.58. The van der Waals surface area contributed by atoms with Gasteiger partial charge in [0, 0.05) is 6.21 Å². The summed E-state index contributed by atoms with van der Waals surface area (Å²) in [6, 6.07) is 11.8. The third kappa shape index (κ3) is 4.62. The maximum Gasteiger partial charge on any atom is 0.161 e. The van der Waals surface area contributed by atoms with Crippen molar-refractivity contribution in [1.29, 1.82) is 0 Å². The van der Waals surface area contributed by atoms with Crippen LogP contribution in [0.4, 0.5) is 5.69 Å². The van der Waals surface area contributed by atoms with E-state index >= 15 is 0 Å². The topological polar surface area (TPSA) is 41.8 Å². The van der Waals surface area contributed by atoms with E-state index < -0.39 is 0 Å². The van der Waals surface area contributed by atoms with Crippen molar-refractivity contribution >= 4 is 11.9 Å². The van der Waals surface area contributed by atoms with Crippen molar-refractivity contribution in [2.24, 2.45) is 4.99 Å². The third-order valence-corrected chi connectivity index (χ3v) is 4.23. The van der Waals surface area contributed by atoms with Gasteiger partial charge in [-0.05, 0) is 51.8 Å². The van der Waals surface area contributed by atoms with Crippen molar-refractivity contribution in [1.82, 2.24) is 0 Å². The van der Waals surface area contributed by atoms with Gasteiger partial charge in [0.15, 0.2) is 11.5 Å². The molecule has 2 rings (SSSR count). The lowest BCUT2D eigenvalue weighted by molar-refractivity contribution is 0.373. The molecular weight excluding hydrogens is 310 g/mol. The molecule has 0 bridgehead atoms. The lowest BCUT2D eigenvalue weighted by Gasteiger charge is -2.25. The Labute approximate surface area is 151 Å². The van der Waals surface area contributed by atoms with Gasteiger partial charge in [-0.2, -0.15) is 0 Å². The number of ether oxygens (including phenoxy) is 1. The van der Waals surface area contributed by atoms with Crippen LogP contribution in [0.3, 0.4) is 0 Å². The Morgan fingerprint density at radius 2 is 1.60 bits per heavy atom. The first-order chi connectivity index (χ1) is 11.5. The van der Waals surface area contributed by atoms with E-state index in [1.165, 1.54) is 11.1 Å². The minimum atomic E-state index is 0.00966. The van der Waals surface area contributed by atoms with Crippen LogP contribution in [0.2, 0.25) is 0 Å². The van der Waals surface area contributed by atoms with Crippen molar-refractivity contribution in [2.75, 3.05) is 7.11 Å². The normalized spacial score (nSPS) is 12.6. The molecule has 0 spiro atoms. The monoisotopic (exact) mass is 339 g/mol. The number of hydrogen-bond donors (Lipinski definition) is 1. The molecule has 0 atom stereocenters. The van der Waals surface area contributed by atoms with Gasteiger partial charge in [0.1, 0.15) is 0 Å². The molecule has 0 saturated carbocycles. The number of benzene rings is 2. The van der Waals surface area contributed by atoms with Crippen LogP contribution in [0.5, 0.6) is 11.5 Å². The summed E-state index contributed by atoms with van der Waals surface area (Å²) in [6.07, 6.45) is 1.82. The van der Waals surface area contributed by atoms with E-state index in [4.69, 9.17) is 9.73 Å². The number of hydrogen-bond acceptors (Lipinski definition) is 3. The molecule has 3 heteroatoms. The summed E-state index contributed by atoms with van der Waals surface area (Å²) in [7, 11) is 1.54. The zero-order valence-corrected chi connectivity index (χ0v) is 16.3. The Morgan fingerprint density at radius 3 is 2.16 bits per heavy atom. The molecular formula is C22H29NO2. The second-order valence-corrected chi connectivity index (χ2v) is 8.42. The standard InChI is InChI=1S/C22H29NO2/c1-21(2,3)16-9-10-17(22(4,5)6)18(13-16)23-14-15-8-11-19(24)20(12-15)25-7/h8-14,24H,1-7H3. The van der Waals surface area contributed by atoms with E-state index in [-0.39, 0.29) is 16.6 Å². The highest BCUT2D eigenvalue weighted by atomic mass is 16.5. The van der Waals surface area contributed by atoms with Crippen LogP contribution in [-0.4, -0.2) is 18.4 Å². The lowest BCUT2D eigenvalue weighted by atomic mass is 9.81. The summed E-state index contributed by atoms with van der Waals surface area (Å²) in [5, 5.41) is 9.73. The predicted molar refractivity (Wildman–Crippen MR) is 106 cm³/mol. The number of rotatable bonds is 3. The fraction of sp³-hybridized carbons (Fsp3) is 0.409. The molecule has 0 aromatic heterocycles. The molecule has 0 aliphatic rings. The van der Waals surface area contributed by atoms with Crippen LogP contribution < -0.4 is 4.74 Å². The van der Waals surface area contributed by atoms with Gasteiger partial charge < -0.3 is 9.84 Å². The smallest absolute Gasteiger partial charge is 0.161 e. The molecule has 0 aliphatic carbocycles. The van der Waals surface area contributed by atoms with Gasteiger partial charge in [0.2, 0.25) is 0 Å².